The zero-order valence-electron chi connectivity index (χ0n) is 24.8. The first-order valence-corrected chi connectivity index (χ1v) is 13.6. The van der Waals surface area contributed by atoms with Crippen molar-refractivity contribution in [3.05, 3.63) is 12.7 Å². The third-order valence-corrected chi connectivity index (χ3v) is 6.73. The summed E-state index contributed by atoms with van der Waals surface area (Å²) in [4.78, 5) is 52.9. The van der Waals surface area contributed by atoms with Crippen molar-refractivity contribution in [1.29, 1.82) is 0 Å². The molecule has 0 radical (unpaired) electrons. The normalized spacial score (nSPS) is 28.4. The molecule has 4 heterocycles. The van der Waals surface area contributed by atoms with Crippen LogP contribution in [0, 0.1) is 5.92 Å². The van der Waals surface area contributed by atoms with Crippen molar-refractivity contribution in [1.82, 2.24) is 19.5 Å². The van der Waals surface area contributed by atoms with Crippen LogP contribution in [0.5, 0.6) is 0 Å². The van der Waals surface area contributed by atoms with Gasteiger partial charge in [-0.3, -0.25) is 9.36 Å². The summed E-state index contributed by atoms with van der Waals surface area (Å²) in [5, 5.41) is 0. The molecule has 14 heteroatoms. The highest BCUT2D eigenvalue weighted by atomic mass is 16.8. The number of nitrogens with zero attached hydrogens (tertiary/aromatic N) is 5. The monoisotopic (exact) mass is 575 g/mol. The number of fused-ring (bicyclic) bond motifs is 3. The lowest BCUT2D eigenvalue weighted by molar-refractivity contribution is -0.205. The molecule has 2 aromatic heterocycles. The van der Waals surface area contributed by atoms with Crippen LogP contribution in [0.15, 0.2) is 12.7 Å². The number of amides is 2. The molecule has 41 heavy (non-hydrogen) atoms. The Bertz CT molecular complexity index is 1350. The number of imidazole rings is 1. The molecule has 2 unspecified atom stereocenters. The van der Waals surface area contributed by atoms with Crippen LogP contribution in [-0.2, 0) is 33.2 Å². The highest BCUT2D eigenvalue weighted by molar-refractivity contribution is 6.12. The van der Waals surface area contributed by atoms with Crippen LogP contribution in [0.4, 0.5) is 15.4 Å². The number of hydrogen-bond donors (Lipinski definition) is 0. The molecule has 0 aromatic carbocycles. The van der Waals surface area contributed by atoms with Gasteiger partial charge in [-0.25, -0.2) is 24.5 Å². The average molecular weight is 576 g/mol. The van der Waals surface area contributed by atoms with Gasteiger partial charge < -0.3 is 28.4 Å². The van der Waals surface area contributed by atoms with E-state index in [1.807, 2.05) is 0 Å². The Balaban J connectivity index is 1.54. The number of hydrogen-bond acceptors (Lipinski definition) is 12. The van der Waals surface area contributed by atoms with Crippen molar-refractivity contribution in [2.45, 2.75) is 110 Å². The molecule has 1 saturated carbocycles. The van der Waals surface area contributed by atoms with Gasteiger partial charge in [-0.2, -0.15) is 4.90 Å². The van der Waals surface area contributed by atoms with E-state index in [-0.39, 0.29) is 29.6 Å². The van der Waals surface area contributed by atoms with Crippen LogP contribution in [0.2, 0.25) is 0 Å². The Morgan fingerprint density at radius 3 is 2.22 bits per heavy atom. The lowest BCUT2D eigenvalue weighted by atomic mass is 10.1. The highest BCUT2D eigenvalue weighted by Crippen LogP contribution is 2.62. The van der Waals surface area contributed by atoms with Crippen molar-refractivity contribution in [2.75, 3.05) is 11.5 Å². The number of esters is 1. The Morgan fingerprint density at radius 2 is 1.63 bits per heavy atom. The SMILES string of the molecule is CCOC(=O)[C@@H]1C[C@@]12OC(n1cnc3c(N(C(=O)OC(C)(C)C)C(=O)OC(C)(C)C)ncnc31)[C@H]1OC(C)(C)OC12. The van der Waals surface area contributed by atoms with E-state index in [0.29, 0.717) is 11.3 Å². The number of anilines is 1. The van der Waals surface area contributed by atoms with Crippen LogP contribution in [-0.4, -0.2) is 79.1 Å². The molecule has 5 rings (SSSR count). The quantitative estimate of drug-likeness (QED) is 0.384. The summed E-state index contributed by atoms with van der Waals surface area (Å²) in [6, 6.07) is 0. The fourth-order valence-electron chi connectivity index (χ4n) is 5.23. The molecule has 0 bridgehead atoms. The van der Waals surface area contributed by atoms with Crippen molar-refractivity contribution in [2.24, 2.45) is 5.92 Å². The van der Waals surface area contributed by atoms with Gasteiger partial charge in [-0.15, -0.1) is 0 Å². The number of imide groups is 1. The molecular weight excluding hydrogens is 538 g/mol. The first kappa shape index (κ1) is 29.1. The predicted octanol–water partition coefficient (Wildman–Crippen LogP) is 3.87. The first-order chi connectivity index (χ1) is 19.0. The van der Waals surface area contributed by atoms with Gasteiger partial charge in [-0.05, 0) is 68.7 Å². The fourth-order valence-corrected chi connectivity index (χ4v) is 5.23. The molecule has 224 valence electrons. The average Bonchev–Trinajstić information content (AvgIpc) is 3.06. The maximum Gasteiger partial charge on any atom is 0.425 e. The minimum absolute atomic E-state index is 0.124. The fraction of sp³-hybridized carbons (Fsp3) is 0.704. The van der Waals surface area contributed by atoms with E-state index in [4.69, 9.17) is 28.4 Å². The van der Waals surface area contributed by atoms with Gasteiger partial charge in [0.25, 0.3) is 0 Å². The summed E-state index contributed by atoms with van der Waals surface area (Å²) < 4.78 is 36.8. The third-order valence-electron chi connectivity index (χ3n) is 6.73. The molecule has 14 nitrogen and oxygen atoms in total. The summed E-state index contributed by atoms with van der Waals surface area (Å²) in [5.41, 5.74) is -2.36. The maximum atomic E-state index is 13.3. The van der Waals surface area contributed by atoms with Crippen molar-refractivity contribution < 1.29 is 42.8 Å². The summed E-state index contributed by atoms with van der Waals surface area (Å²) in [6.07, 6.45) is -0.824. The lowest BCUT2D eigenvalue weighted by Gasteiger charge is -2.28. The second-order valence-electron chi connectivity index (χ2n) is 12.8. The lowest BCUT2D eigenvalue weighted by Crippen LogP contribution is -2.44. The number of rotatable bonds is 4. The van der Waals surface area contributed by atoms with E-state index in [2.05, 4.69) is 15.0 Å². The maximum absolute atomic E-state index is 13.3. The van der Waals surface area contributed by atoms with E-state index in [1.165, 1.54) is 12.7 Å². The Kier molecular flexibility index (Phi) is 6.82. The summed E-state index contributed by atoms with van der Waals surface area (Å²) in [6.45, 7) is 15.7. The second-order valence-corrected chi connectivity index (χ2v) is 12.8. The minimum atomic E-state index is -0.984. The molecular formula is C27H37N5O9. The van der Waals surface area contributed by atoms with Gasteiger partial charge in [-0.1, -0.05) is 0 Å². The Morgan fingerprint density at radius 1 is 1.00 bits per heavy atom. The zero-order valence-corrected chi connectivity index (χ0v) is 24.8. The van der Waals surface area contributed by atoms with Gasteiger partial charge >= 0.3 is 18.2 Å². The third kappa shape index (κ3) is 5.35. The van der Waals surface area contributed by atoms with Crippen molar-refractivity contribution >= 4 is 35.1 Å². The predicted molar refractivity (Wildman–Crippen MR) is 142 cm³/mol. The number of carbonyl (C=O) groups is 3. The van der Waals surface area contributed by atoms with E-state index < -0.39 is 59.1 Å². The minimum Gasteiger partial charge on any atom is -0.466 e. The van der Waals surface area contributed by atoms with E-state index in [0.717, 1.165) is 0 Å². The molecule has 2 amide bonds. The van der Waals surface area contributed by atoms with Crippen LogP contribution in [0.3, 0.4) is 0 Å². The number of aromatic nitrogens is 4. The van der Waals surface area contributed by atoms with Gasteiger partial charge in [0.2, 0.25) is 0 Å². The largest absolute Gasteiger partial charge is 0.466 e. The molecule has 3 fully saturated rings. The Labute approximate surface area is 237 Å². The number of carbonyl (C=O) groups excluding carboxylic acids is 3. The first-order valence-electron chi connectivity index (χ1n) is 13.6. The van der Waals surface area contributed by atoms with Gasteiger partial charge in [0, 0.05) is 0 Å². The molecule has 2 aliphatic heterocycles. The van der Waals surface area contributed by atoms with Crippen LogP contribution < -0.4 is 4.90 Å². The van der Waals surface area contributed by atoms with Crippen molar-refractivity contribution in [3.8, 4) is 0 Å². The van der Waals surface area contributed by atoms with Gasteiger partial charge in [0.05, 0.1) is 18.9 Å². The summed E-state index contributed by atoms with van der Waals surface area (Å²) in [7, 11) is 0. The molecule has 1 spiro atoms. The zero-order chi connectivity index (χ0) is 30.1. The Hall–Kier alpha value is -3.36. The highest BCUT2D eigenvalue weighted by Gasteiger charge is 2.76. The van der Waals surface area contributed by atoms with Crippen molar-refractivity contribution in [3.63, 3.8) is 0 Å². The molecule has 2 saturated heterocycles. The molecule has 1 aliphatic carbocycles. The molecule has 0 N–H and O–H groups in total. The number of ether oxygens (including phenoxy) is 6. The summed E-state index contributed by atoms with van der Waals surface area (Å²) >= 11 is 0. The van der Waals surface area contributed by atoms with E-state index >= 15 is 0 Å². The summed E-state index contributed by atoms with van der Waals surface area (Å²) in [5.74, 6) is -1.91. The smallest absolute Gasteiger partial charge is 0.425 e. The standard InChI is InChI=1S/C27H37N5O9/c1-10-36-21(33)14-11-27(14)17-16(37-26(8,9)38-17)20(39-27)31-13-30-15-18(31)28-12-29-19(15)32(22(34)40-24(2,3)4)23(35)41-25(5,6)7/h12-14,16-17,20H,10-11H2,1-9H3/t14-,16-,17?,20?,27+/m0/s1. The molecule has 3 aliphatic rings. The van der Waals surface area contributed by atoms with E-state index in [9.17, 15) is 14.4 Å². The van der Waals surface area contributed by atoms with Gasteiger partial charge in [0.1, 0.15) is 35.3 Å². The topological polar surface area (TPSA) is 153 Å². The van der Waals surface area contributed by atoms with Crippen LogP contribution >= 0.6 is 0 Å². The van der Waals surface area contributed by atoms with Gasteiger partial charge in [0.15, 0.2) is 29.0 Å². The second kappa shape index (κ2) is 9.60. The van der Waals surface area contributed by atoms with Crippen LogP contribution in [0.1, 0.15) is 75.0 Å². The molecule has 2 aromatic rings. The molecule has 5 atom stereocenters. The van der Waals surface area contributed by atoms with E-state index in [1.54, 1.807) is 66.9 Å². The van der Waals surface area contributed by atoms with Crippen LogP contribution in [0.25, 0.3) is 11.2 Å².